The molecule has 0 bridgehead atoms. The van der Waals surface area contributed by atoms with E-state index in [9.17, 15) is 9.59 Å². The summed E-state index contributed by atoms with van der Waals surface area (Å²) in [4.78, 5) is 27.4. The van der Waals surface area contributed by atoms with Gasteiger partial charge < -0.3 is 19.7 Å². The van der Waals surface area contributed by atoms with Gasteiger partial charge >= 0.3 is 0 Å². The van der Waals surface area contributed by atoms with Crippen molar-refractivity contribution in [2.45, 2.75) is 52.2 Å². The van der Waals surface area contributed by atoms with E-state index in [1.165, 1.54) is 0 Å². The van der Waals surface area contributed by atoms with E-state index in [4.69, 9.17) is 9.47 Å². The van der Waals surface area contributed by atoms with Crippen LogP contribution in [0.15, 0.2) is 46.9 Å². The van der Waals surface area contributed by atoms with E-state index in [2.05, 4.69) is 21.2 Å². The number of amides is 2. The summed E-state index contributed by atoms with van der Waals surface area (Å²) >= 11 is 3.43. The summed E-state index contributed by atoms with van der Waals surface area (Å²) in [6, 6.07) is 12.9. The first-order valence-electron chi connectivity index (χ1n) is 10.1. The van der Waals surface area contributed by atoms with Crippen molar-refractivity contribution in [3.63, 3.8) is 0 Å². The lowest BCUT2D eigenvalue weighted by molar-refractivity contribution is -0.140. The van der Waals surface area contributed by atoms with E-state index in [0.29, 0.717) is 25.1 Å². The van der Waals surface area contributed by atoms with Gasteiger partial charge in [0.2, 0.25) is 18.6 Å². The number of carbonyl (C=O) groups excluding carboxylic acids is 2. The molecule has 2 amide bonds. The van der Waals surface area contributed by atoms with Crippen LogP contribution in [0.2, 0.25) is 0 Å². The molecule has 0 saturated heterocycles. The maximum absolute atomic E-state index is 13.1. The largest absolute Gasteiger partial charge is 0.454 e. The summed E-state index contributed by atoms with van der Waals surface area (Å²) in [6.07, 6.45) is 0.861. The molecule has 1 aliphatic rings. The Morgan fingerprint density at radius 3 is 2.40 bits per heavy atom. The lowest BCUT2D eigenvalue weighted by atomic mass is 10.1. The number of hydrogen-bond acceptors (Lipinski definition) is 4. The number of ether oxygens (including phenoxy) is 2. The fourth-order valence-electron chi connectivity index (χ4n) is 3.27. The molecular weight excluding hydrogens is 448 g/mol. The minimum atomic E-state index is -0.569. The highest BCUT2D eigenvalue weighted by atomic mass is 79.9. The predicted octanol–water partition coefficient (Wildman–Crippen LogP) is 4.05. The van der Waals surface area contributed by atoms with Gasteiger partial charge in [-0.3, -0.25) is 9.59 Å². The van der Waals surface area contributed by atoms with Crippen molar-refractivity contribution >= 4 is 27.7 Å². The highest BCUT2D eigenvalue weighted by Gasteiger charge is 2.26. The van der Waals surface area contributed by atoms with Gasteiger partial charge in [-0.05, 0) is 62.6 Å². The predicted molar refractivity (Wildman–Crippen MR) is 118 cm³/mol. The van der Waals surface area contributed by atoms with Crippen LogP contribution >= 0.6 is 15.9 Å². The lowest BCUT2D eigenvalue weighted by Gasteiger charge is -2.29. The molecule has 0 spiro atoms. The molecule has 0 fully saturated rings. The maximum Gasteiger partial charge on any atom is 0.242 e. The standard InChI is InChI=1S/C23H27BrN2O4/c1-15(2)25-23(28)16(3)26(13-18-4-8-19(24)9-5-18)22(27)11-7-17-6-10-20-21(12-17)30-14-29-20/h4-6,8-10,12,15-16H,7,11,13-14H2,1-3H3,(H,25,28)/t16-/m0/s1. The van der Waals surface area contributed by atoms with E-state index < -0.39 is 6.04 Å². The molecule has 0 aliphatic carbocycles. The molecule has 1 N–H and O–H groups in total. The first-order valence-corrected chi connectivity index (χ1v) is 10.9. The third-order valence-electron chi connectivity index (χ3n) is 4.93. The van der Waals surface area contributed by atoms with Crippen LogP contribution < -0.4 is 14.8 Å². The minimum absolute atomic E-state index is 0.0122. The van der Waals surface area contributed by atoms with Crippen molar-refractivity contribution in [1.82, 2.24) is 10.2 Å². The van der Waals surface area contributed by atoms with Crippen molar-refractivity contribution in [1.29, 1.82) is 0 Å². The van der Waals surface area contributed by atoms with Crippen LogP contribution in [0.3, 0.4) is 0 Å². The van der Waals surface area contributed by atoms with Gasteiger partial charge in [-0.25, -0.2) is 0 Å². The molecule has 1 heterocycles. The topological polar surface area (TPSA) is 67.9 Å². The second-order valence-electron chi connectivity index (χ2n) is 7.67. The van der Waals surface area contributed by atoms with E-state index in [1.54, 1.807) is 11.8 Å². The van der Waals surface area contributed by atoms with E-state index in [-0.39, 0.29) is 24.6 Å². The van der Waals surface area contributed by atoms with Crippen molar-refractivity contribution in [2.75, 3.05) is 6.79 Å². The molecule has 0 saturated carbocycles. The number of fused-ring (bicyclic) bond motifs is 1. The number of aryl methyl sites for hydroxylation is 1. The fraction of sp³-hybridized carbons (Fsp3) is 0.391. The number of hydrogen-bond donors (Lipinski definition) is 1. The first-order chi connectivity index (χ1) is 14.3. The highest BCUT2D eigenvalue weighted by Crippen LogP contribution is 2.32. The minimum Gasteiger partial charge on any atom is -0.454 e. The van der Waals surface area contributed by atoms with Gasteiger partial charge in [-0.1, -0.05) is 34.1 Å². The van der Waals surface area contributed by atoms with Crippen LogP contribution in [0.1, 0.15) is 38.3 Å². The van der Waals surface area contributed by atoms with Crippen LogP contribution in [-0.2, 0) is 22.6 Å². The monoisotopic (exact) mass is 474 g/mol. The normalized spacial score (nSPS) is 13.2. The van der Waals surface area contributed by atoms with Gasteiger partial charge in [-0.2, -0.15) is 0 Å². The SMILES string of the molecule is CC(C)NC(=O)[C@H](C)N(Cc1ccc(Br)cc1)C(=O)CCc1ccc2c(c1)OCO2. The van der Waals surface area contributed by atoms with Crippen molar-refractivity contribution in [2.24, 2.45) is 0 Å². The van der Waals surface area contributed by atoms with Crippen LogP contribution in [0, 0.1) is 0 Å². The number of carbonyl (C=O) groups is 2. The van der Waals surface area contributed by atoms with Crippen molar-refractivity contribution < 1.29 is 19.1 Å². The summed E-state index contributed by atoms with van der Waals surface area (Å²) in [6.45, 7) is 6.19. The third-order valence-corrected chi connectivity index (χ3v) is 5.46. The van der Waals surface area contributed by atoms with Gasteiger partial charge in [0, 0.05) is 23.5 Å². The van der Waals surface area contributed by atoms with Gasteiger partial charge in [0.05, 0.1) is 0 Å². The van der Waals surface area contributed by atoms with E-state index in [0.717, 1.165) is 21.3 Å². The molecule has 0 unspecified atom stereocenters. The zero-order valence-corrected chi connectivity index (χ0v) is 19.1. The molecule has 0 radical (unpaired) electrons. The van der Waals surface area contributed by atoms with Crippen LogP contribution in [-0.4, -0.2) is 35.6 Å². The summed E-state index contributed by atoms with van der Waals surface area (Å²) in [5, 5.41) is 2.90. The van der Waals surface area contributed by atoms with Gasteiger partial charge in [0.25, 0.3) is 0 Å². The van der Waals surface area contributed by atoms with Crippen LogP contribution in [0.25, 0.3) is 0 Å². The summed E-state index contributed by atoms with van der Waals surface area (Å²) in [5.74, 6) is 1.21. The molecular formula is C23H27BrN2O4. The number of nitrogens with zero attached hydrogens (tertiary/aromatic N) is 1. The number of rotatable bonds is 8. The summed E-state index contributed by atoms with van der Waals surface area (Å²) in [5.41, 5.74) is 1.97. The molecule has 1 atom stereocenters. The quantitative estimate of drug-likeness (QED) is 0.626. The molecule has 7 heteroatoms. The van der Waals surface area contributed by atoms with E-state index in [1.807, 2.05) is 56.3 Å². The molecule has 3 rings (SSSR count). The molecule has 1 aliphatic heterocycles. The van der Waals surface area contributed by atoms with E-state index >= 15 is 0 Å². The average Bonchev–Trinajstić information content (AvgIpc) is 3.18. The fourth-order valence-corrected chi connectivity index (χ4v) is 3.53. The molecule has 30 heavy (non-hydrogen) atoms. The smallest absolute Gasteiger partial charge is 0.242 e. The number of halogens is 1. The van der Waals surface area contributed by atoms with Crippen molar-refractivity contribution in [3.05, 3.63) is 58.1 Å². The maximum atomic E-state index is 13.1. The Labute approximate surface area is 185 Å². The summed E-state index contributed by atoms with van der Waals surface area (Å²) < 4.78 is 11.7. The Hall–Kier alpha value is -2.54. The Morgan fingerprint density at radius 1 is 1.03 bits per heavy atom. The summed E-state index contributed by atoms with van der Waals surface area (Å²) in [7, 11) is 0. The molecule has 160 valence electrons. The van der Waals surface area contributed by atoms with Crippen LogP contribution in [0.5, 0.6) is 11.5 Å². The average molecular weight is 475 g/mol. The Bertz CT molecular complexity index is 899. The second-order valence-corrected chi connectivity index (χ2v) is 8.59. The Balaban J connectivity index is 1.71. The molecule has 0 aromatic heterocycles. The zero-order chi connectivity index (χ0) is 21.7. The Morgan fingerprint density at radius 2 is 1.70 bits per heavy atom. The number of nitrogens with one attached hydrogen (secondary N) is 1. The third kappa shape index (κ3) is 5.75. The number of benzene rings is 2. The molecule has 6 nitrogen and oxygen atoms in total. The van der Waals surface area contributed by atoms with Crippen molar-refractivity contribution in [3.8, 4) is 11.5 Å². The highest BCUT2D eigenvalue weighted by molar-refractivity contribution is 9.10. The Kier molecular flexibility index (Phi) is 7.37. The zero-order valence-electron chi connectivity index (χ0n) is 17.5. The lowest BCUT2D eigenvalue weighted by Crippen LogP contribution is -2.49. The van der Waals surface area contributed by atoms with Gasteiger partial charge in [0.15, 0.2) is 11.5 Å². The van der Waals surface area contributed by atoms with Gasteiger partial charge in [-0.15, -0.1) is 0 Å². The van der Waals surface area contributed by atoms with Gasteiger partial charge in [0.1, 0.15) is 6.04 Å². The first kappa shape index (κ1) is 22.2. The molecule has 2 aromatic rings. The molecule has 2 aromatic carbocycles. The second kappa shape index (κ2) is 9.98. The van der Waals surface area contributed by atoms with Crippen LogP contribution in [0.4, 0.5) is 0 Å².